The van der Waals surface area contributed by atoms with Gasteiger partial charge in [0.25, 0.3) is 11.1 Å². The molecule has 28 heavy (non-hydrogen) atoms. The van der Waals surface area contributed by atoms with Crippen molar-refractivity contribution >= 4 is 68.0 Å². The number of amides is 1. The minimum absolute atomic E-state index is 0.0385. The Balaban J connectivity index is 1.42. The quantitative estimate of drug-likeness (QED) is 0.368. The van der Waals surface area contributed by atoms with Gasteiger partial charge in [-0.15, -0.1) is 21.5 Å². The third kappa shape index (κ3) is 4.00. The van der Waals surface area contributed by atoms with E-state index in [0.29, 0.717) is 21.5 Å². The van der Waals surface area contributed by atoms with E-state index in [-0.39, 0.29) is 21.9 Å². The second kappa shape index (κ2) is 8.08. The van der Waals surface area contributed by atoms with Gasteiger partial charge in [0.2, 0.25) is 5.91 Å². The van der Waals surface area contributed by atoms with Gasteiger partial charge in [0, 0.05) is 15.8 Å². The topological polar surface area (TPSA) is 68.0 Å². The zero-order valence-electron chi connectivity index (χ0n) is 13.9. The van der Waals surface area contributed by atoms with E-state index in [1.807, 2.05) is 24.3 Å². The summed E-state index contributed by atoms with van der Waals surface area (Å²) in [6, 6.07) is 11.7. The SMILES string of the molecule is O=C(CSc1nnc(-c2sc3ccccc3c2Cl)o1)Nc1ccc(F)c(Cl)c1. The Bertz CT molecular complexity index is 1180. The van der Waals surface area contributed by atoms with Crippen molar-refractivity contribution in [3.05, 3.63) is 58.3 Å². The molecule has 0 unspecified atom stereocenters. The van der Waals surface area contributed by atoms with Crippen LogP contribution >= 0.6 is 46.3 Å². The van der Waals surface area contributed by atoms with E-state index >= 15 is 0 Å². The van der Waals surface area contributed by atoms with E-state index in [2.05, 4.69) is 15.5 Å². The summed E-state index contributed by atoms with van der Waals surface area (Å²) in [4.78, 5) is 12.7. The Morgan fingerprint density at radius 1 is 1.21 bits per heavy atom. The fourth-order valence-corrected chi connectivity index (χ4v) is 4.59. The Hall–Kier alpha value is -2.13. The highest BCUT2D eigenvalue weighted by Gasteiger charge is 2.18. The molecule has 0 aliphatic carbocycles. The summed E-state index contributed by atoms with van der Waals surface area (Å²) in [6.07, 6.45) is 0. The van der Waals surface area contributed by atoms with Gasteiger partial charge in [-0.3, -0.25) is 4.79 Å². The van der Waals surface area contributed by atoms with Crippen LogP contribution in [0.25, 0.3) is 20.9 Å². The van der Waals surface area contributed by atoms with Crippen molar-refractivity contribution in [1.29, 1.82) is 0 Å². The van der Waals surface area contributed by atoms with Crippen LogP contribution in [0.2, 0.25) is 10.0 Å². The van der Waals surface area contributed by atoms with Gasteiger partial charge in [-0.05, 0) is 24.3 Å². The predicted molar refractivity (Wildman–Crippen MR) is 111 cm³/mol. The van der Waals surface area contributed by atoms with Crippen molar-refractivity contribution in [3.8, 4) is 10.8 Å². The summed E-state index contributed by atoms with van der Waals surface area (Å²) >= 11 is 14.7. The maximum Gasteiger partial charge on any atom is 0.277 e. The lowest BCUT2D eigenvalue weighted by Gasteiger charge is -2.04. The zero-order valence-corrected chi connectivity index (χ0v) is 17.1. The summed E-state index contributed by atoms with van der Waals surface area (Å²) in [5.41, 5.74) is 0.403. The third-order valence-corrected chi connectivity index (χ3v) is 6.44. The maximum atomic E-state index is 13.2. The summed E-state index contributed by atoms with van der Waals surface area (Å²) in [5.74, 6) is -0.518. The van der Waals surface area contributed by atoms with E-state index in [9.17, 15) is 9.18 Å². The van der Waals surface area contributed by atoms with Gasteiger partial charge in [0.05, 0.1) is 15.8 Å². The van der Waals surface area contributed by atoms with Crippen molar-refractivity contribution in [2.45, 2.75) is 5.22 Å². The number of thiophene rings is 1. The molecule has 0 aliphatic rings. The lowest BCUT2D eigenvalue weighted by atomic mass is 10.2. The molecule has 2 aromatic carbocycles. The average molecular weight is 454 g/mol. The number of aromatic nitrogens is 2. The molecule has 0 aliphatic heterocycles. The molecule has 142 valence electrons. The van der Waals surface area contributed by atoms with Crippen molar-refractivity contribution < 1.29 is 13.6 Å². The standard InChI is InChI=1S/C18H10Cl2FN3O2S2/c19-11-7-9(5-6-12(11)21)22-14(25)8-27-18-24-23-17(26-18)16-15(20)10-3-1-2-4-13(10)28-16/h1-7H,8H2,(H,22,25). The van der Waals surface area contributed by atoms with Crippen LogP contribution in [0.4, 0.5) is 10.1 Å². The van der Waals surface area contributed by atoms with E-state index < -0.39 is 5.82 Å². The number of nitrogens with zero attached hydrogens (tertiary/aromatic N) is 2. The fourth-order valence-electron chi connectivity index (χ4n) is 2.41. The van der Waals surface area contributed by atoms with Crippen molar-refractivity contribution in [2.75, 3.05) is 11.1 Å². The molecule has 4 rings (SSSR count). The van der Waals surface area contributed by atoms with Crippen LogP contribution in [-0.2, 0) is 4.79 Å². The number of fused-ring (bicyclic) bond motifs is 1. The Morgan fingerprint density at radius 2 is 2.04 bits per heavy atom. The van der Waals surface area contributed by atoms with Gasteiger partial charge in [0.1, 0.15) is 10.7 Å². The number of halogens is 3. The molecule has 0 saturated heterocycles. The molecule has 1 amide bonds. The fraction of sp³-hybridized carbons (Fsp3) is 0.0556. The average Bonchev–Trinajstić information content (AvgIpc) is 3.28. The van der Waals surface area contributed by atoms with Gasteiger partial charge in [0.15, 0.2) is 0 Å². The largest absolute Gasteiger partial charge is 0.410 e. The monoisotopic (exact) mass is 453 g/mol. The molecule has 0 radical (unpaired) electrons. The Kier molecular flexibility index (Phi) is 5.54. The summed E-state index contributed by atoms with van der Waals surface area (Å²) in [7, 11) is 0. The van der Waals surface area contributed by atoms with Crippen LogP contribution in [0.15, 0.2) is 52.1 Å². The van der Waals surface area contributed by atoms with Crippen LogP contribution in [0.3, 0.4) is 0 Å². The van der Waals surface area contributed by atoms with Crippen LogP contribution in [-0.4, -0.2) is 21.9 Å². The number of anilines is 1. The van der Waals surface area contributed by atoms with Crippen LogP contribution in [0.5, 0.6) is 0 Å². The summed E-state index contributed by atoms with van der Waals surface area (Å²) < 4.78 is 19.8. The van der Waals surface area contributed by atoms with Crippen molar-refractivity contribution in [2.24, 2.45) is 0 Å². The molecule has 5 nitrogen and oxygen atoms in total. The first-order chi connectivity index (χ1) is 13.5. The molecule has 2 aromatic heterocycles. The number of thioether (sulfide) groups is 1. The minimum atomic E-state index is -0.549. The molecule has 0 bridgehead atoms. The second-order valence-electron chi connectivity index (χ2n) is 5.58. The number of rotatable bonds is 5. The third-order valence-electron chi connectivity index (χ3n) is 3.67. The van der Waals surface area contributed by atoms with E-state index in [4.69, 9.17) is 27.6 Å². The van der Waals surface area contributed by atoms with Crippen LogP contribution in [0, 0.1) is 5.82 Å². The summed E-state index contributed by atoms with van der Waals surface area (Å²) in [6.45, 7) is 0. The normalized spacial score (nSPS) is 11.1. The van der Waals surface area contributed by atoms with Gasteiger partial charge >= 0.3 is 0 Å². The Morgan fingerprint density at radius 3 is 2.82 bits per heavy atom. The molecular formula is C18H10Cl2FN3O2S2. The first kappa shape index (κ1) is 19.2. The van der Waals surface area contributed by atoms with E-state index in [1.54, 1.807) is 0 Å². The number of benzene rings is 2. The molecule has 1 N–H and O–H groups in total. The molecule has 0 saturated carbocycles. The molecule has 0 atom stereocenters. The maximum absolute atomic E-state index is 13.2. The zero-order chi connectivity index (χ0) is 19.7. The molecule has 4 aromatic rings. The van der Waals surface area contributed by atoms with Gasteiger partial charge in [-0.25, -0.2) is 4.39 Å². The van der Waals surface area contributed by atoms with Gasteiger partial charge in [-0.2, -0.15) is 0 Å². The second-order valence-corrected chi connectivity index (χ2v) is 8.34. The van der Waals surface area contributed by atoms with E-state index in [0.717, 1.165) is 21.8 Å². The predicted octanol–water partition coefficient (Wildman–Crippen LogP) is 6.13. The highest BCUT2D eigenvalue weighted by atomic mass is 35.5. The molecule has 0 spiro atoms. The van der Waals surface area contributed by atoms with Gasteiger partial charge in [-0.1, -0.05) is 53.2 Å². The number of hydrogen-bond donors (Lipinski definition) is 1. The molecule has 2 heterocycles. The molecule has 10 heteroatoms. The lowest BCUT2D eigenvalue weighted by molar-refractivity contribution is -0.113. The Labute approximate surface area is 176 Å². The van der Waals surface area contributed by atoms with Crippen LogP contribution < -0.4 is 5.32 Å². The number of nitrogens with one attached hydrogen (secondary N) is 1. The minimum Gasteiger partial charge on any atom is -0.410 e. The first-order valence-electron chi connectivity index (χ1n) is 7.90. The highest BCUT2D eigenvalue weighted by Crippen LogP contribution is 2.41. The first-order valence-corrected chi connectivity index (χ1v) is 10.5. The van der Waals surface area contributed by atoms with Crippen molar-refractivity contribution in [1.82, 2.24) is 10.2 Å². The number of hydrogen-bond acceptors (Lipinski definition) is 6. The number of carbonyl (C=O) groups excluding carboxylic acids is 1. The highest BCUT2D eigenvalue weighted by molar-refractivity contribution is 7.99. The van der Waals surface area contributed by atoms with Crippen molar-refractivity contribution in [3.63, 3.8) is 0 Å². The molecular weight excluding hydrogens is 444 g/mol. The van der Waals surface area contributed by atoms with Gasteiger partial charge < -0.3 is 9.73 Å². The smallest absolute Gasteiger partial charge is 0.277 e. The lowest BCUT2D eigenvalue weighted by Crippen LogP contribution is -2.14. The van der Waals surface area contributed by atoms with E-state index in [1.165, 1.54) is 29.5 Å². The molecule has 0 fully saturated rings. The number of carbonyl (C=O) groups is 1. The summed E-state index contributed by atoms with van der Waals surface area (Å²) in [5, 5.41) is 12.3. The van der Waals surface area contributed by atoms with Crippen LogP contribution in [0.1, 0.15) is 0 Å².